The Hall–Kier alpha value is -0.250. The van der Waals surface area contributed by atoms with Gasteiger partial charge in [-0.25, -0.2) is 0 Å². The van der Waals surface area contributed by atoms with Crippen LogP contribution in [0.5, 0.6) is 0 Å². The van der Waals surface area contributed by atoms with E-state index in [2.05, 4.69) is 28.2 Å². The lowest BCUT2D eigenvalue weighted by Gasteiger charge is -2.46. The van der Waals surface area contributed by atoms with Gasteiger partial charge in [-0.1, -0.05) is 18.5 Å². The lowest BCUT2D eigenvalue weighted by atomic mass is 9.69. The summed E-state index contributed by atoms with van der Waals surface area (Å²) in [7, 11) is 0. The second-order valence-corrected chi connectivity index (χ2v) is 5.97. The van der Waals surface area contributed by atoms with Gasteiger partial charge in [-0.15, -0.1) is 0 Å². The molecule has 4 heteroatoms. The summed E-state index contributed by atoms with van der Waals surface area (Å²) in [6, 6.07) is 5.73. The van der Waals surface area contributed by atoms with Gasteiger partial charge in [-0.3, -0.25) is 0 Å². The van der Waals surface area contributed by atoms with Crippen LogP contribution in [0.15, 0.2) is 22.7 Å². The summed E-state index contributed by atoms with van der Waals surface area (Å²) in [5.41, 5.74) is 0.865. The number of rotatable bonds is 3. The average Bonchev–Trinajstić information content (AvgIpc) is 2.21. The quantitative estimate of drug-likeness (QED) is 0.893. The molecule has 0 aliphatic heterocycles. The van der Waals surface area contributed by atoms with Crippen molar-refractivity contribution >= 4 is 33.2 Å². The molecule has 1 fully saturated rings. The Morgan fingerprint density at radius 2 is 2.25 bits per heavy atom. The van der Waals surface area contributed by atoms with Gasteiger partial charge in [-0.05, 0) is 52.9 Å². The van der Waals surface area contributed by atoms with Gasteiger partial charge in [0, 0.05) is 10.2 Å². The molecule has 0 bridgehead atoms. The van der Waals surface area contributed by atoms with Crippen molar-refractivity contribution in [3.8, 4) is 0 Å². The van der Waals surface area contributed by atoms with Crippen molar-refractivity contribution in [1.29, 1.82) is 0 Å². The predicted octanol–water partition coefficient (Wildman–Crippen LogP) is 3.68. The Morgan fingerprint density at radius 3 is 2.75 bits per heavy atom. The second kappa shape index (κ2) is 4.55. The first-order chi connectivity index (χ1) is 7.54. The Balaban J connectivity index is 2.11. The molecule has 1 aliphatic carbocycles. The molecule has 2 N–H and O–H groups in total. The van der Waals surface area contributed by atoms with E-state index in [-0.39, 0.29) is 12.1 Å². The van der Waals surface area contributed by atoms with Crippen LogP contribution in [0.25, 0.3) is 0 Å². The fourth-order valence-electron chi connectivity index (χ4n) is 2.43. The normalized spacial score (nSPS) is 28.6. The summed E-state index contributed by atoms with van der Waals surface area (Å²) >= 11 is 9.33. The summed E-state index contributed by atoms with van der Waals surface area (Å²) in [5.74, 6) is 0.690. The number of halogens is 2. The molecule has 0 unspecified atom stereocenters. The minimum Gasteiger partial charge on any atom is -0.394 e. The van der Waals surface area contributed by atoms with Crippen molar-refractivity contribution in [3.05, 3.63) is 27.7 Å². The Morgan fingerprint density at radius 1 is 1.56 bits per heavy atom. The van der Waals surface area contributed by atoms with E-state index in [9.17, 15) is 5.11 Å². The van der Waals surface area contributed by atoms with E-state index in [0.717, 1.165) is 23.0 Å². The van der Waals surface area contributed by atoms with Gasteiger partial charge in [0.2, 0.25) is 0 Å². The largest absolute Gasteiger partial charge is 0.394 e. The number of nitrogens with one attached hydrogen (secondary N) is 1. The molecule has 1 saturated carbocycles. The minimum absolute atomic E-state index is 0.132. The molecule has 1 aromatic carbocycles. The topological polar surface area (TPSA) is 32.3 Å². The van der Waals surface area contributed by atoms with Gasteiger partial charge < -0.3 is 10.4 Å². The van der Waals surface area contributed by atoms with Crippen LogP contribution >= 0.6 is 27.5 Å². The molecular weight excluding hydrogens is 289 g/mol. The van der Waals surface area contributed by atoms with Crippen LogP contribution in [0.2, 0.25) is 5.02 Å². The van der Waals surface area contributed by atoms with Crippen molar-refractivity contribution in [2.24, 2.45) is 5.92 Å². The van der Waals surface area contributed by atoms with E-state index in [4.69, 9.17) is 11.6 Å². The average molecular weight is 305 g/mol. The van der Waals surface area contributed by atoms with Gasteiger partial charge in [0.25, 0.3) is 0 Å². The number of anilines is 1. The van der Waals surface area contributed by atoms with E-state index in [0.29, 0.717) is 10.9 Å². The molecule has 0 atom stereocenters. The highest BCUT2D eigenvalue weighted by molar-refractivity contribution is 9.10. The van der Waals surface area contributed by atoms with Gasteiger partial charge in [0.05, 0.1) is 17.2 Å². The molecule has 2 nitrogen and oxygen atoms in total. The third kappa shape index (κ3) is 2.36. The molecule has 1 aromatic rings. The van der Waals surface area contributed by atoms with Crippen molar-refractivity contribution in [2.75, 3.05) is 11.9 Å². The minimum atomic E-state index is -0.132. The second-order valence-electron chi connectivity index (χ2n) is 4.71. The molecule has 2 rings (SSSR count). The molecule has 0 spiro atoms. The van der Waals surface area contributed by atoms with Crippen molar-refractivity contribution in [3.63, 3.8) is 0 Å². The standard InChI is InChI=1S/C12H15BrClNO/c1-8-5-12(6-8,7-16)15-9-2-3-11(14)10(13)4-9/h2-4,8,15-16H,5-7H2,1H3. The zero-order valence-electron chi connectivity index (χ0n) is 9.13. The first kappa shape index (κ1) is 12.2. The maximum absolute atomic E-state index is 9.44. The monoisotopic (exact) mass is 303 g/mol. The van der Waals surface area contributed by atoms with Crippen molar-refractivity contribution in [2.45, 2.75) is 25.3 Å². The van der Waals surface area contributed by atoms with Crippen LogP contribution in [0.1, 0.15) is 19.8 Å². The molecule has 0 saturated heterocycles. The fourth-order valence-corrected chi connectivity index (χ4v) is 2.92. The maximum atomic E-state index is 9.44. The molecule has 0 aromatic heterocycles. The first-order valence-electron chi connectivity index (χ1n) is 5.39. The number of hydrogen-bond donors (Lipinski definition) is 2. The highest BCUT2D eigenvalue weighted by Gasteiger charge is 2.41. The lowest BCUT2D eigenvalue weighted by Crippen LogP contribution is -2.52. The fraction of sp³-hybridized carbons (Fsp3) is 0.500. The maximum Gasteiger partial charge on any atom is 0.0661 e. The Bertz CT molecular complexity index is 391. The molecule has 88 valence electrons. The number of benzene rings is 1. The van der Waals surface area contributed by atoms with Crippen molar-refractivity contribution in [1.82, 2.24) is 0 Å². The van der Waals surface area contributed by atoms with Gasteiger partial charge >= 0.3 is 0 Å². The van der Waals surface area contributed by atoms with E-state index in [1.54, 1.807) is 0 Å². The molecular formula is C12H15BrClNO. The molecule has 0 amide bonds. The third-order valence-electron chi connectivity index (χ3n) is 3.11. The molecule has 1 aliphatic rings. The van der Waals surface area contributed by atoms with Gasteiger partial charge in [0.15, 0.2) is 0 Å². The van der Waals surface area contributed by atoms with E-state index >= 15 is 0 Å². The van der Waals surface area contributed by atoms with Gasteiger partial charge in [-0.2, -0.15) is 0 Å². The molecule has 16 heavy (non-hydrogen) atoms. The third-order valence-corrected chi connectivity index (χ3v) is 4.32. The number of aliphatic hydroxyl groups is 1. The van der Waals surface area contributed by atoms with Crippen LogP contribution in [0, 0.1) is 5.92 Å². The summed E-state index contributed by atoms with van der Waals surface area (Å²) in [5, 5.41) is 13.5. The summed E-state index contributed by atoms with van der Waals surface area (Å²) in [4.78, 5) is 0. The Kier molecular flexibility index (Phi) is 3.48. The smallest absolute Gasteiger partial charge is 0.0661 e. The molecule has 0 heterocycles. The predicted molar refractivity (Wildman–Crippen MR) is 71.0 cm³/mol. The van der Waals surface area contributed by atoms with Crippen LogP contribution < -0.4 is 5.32 Å². The first-order valence-corrected chi connectivity index (χ1v) is 6.56. The van der Waals surface area contributed by atoms with E-state index < -0.39 is 0 Å². The van der Waals surface area contributed by atoms with Crippen molar-refractivity contribution < 1.29 is 5.11 Å². The lowest BCUT2D eigenvalue weighted by molar-refractivity contribution is 0.0992. The van der Waals surface area contributed by atoms with E-state index in [1.807, 2.05) is 18.2 Å². The highest BCUT2D eigenvalue weighted by Crippen LogP contribution is 2.40. The van der Waals surface area contributed by atoms with Crippen LogP contribution in [0.4, 0.5) is 5.69 Å². The summed E-state index contributed by atoms with van der Waals surface area (Å²) in [6.45, 7) is 2.38. The van der Waals surface area contributed by atoms with Gasteiger partial charge in [0.1, 0.15) is 0 Å². The Labute approximate surface area is 109 Å². The number of hydrogen-bond acceptors (Lipinski definition) is 2. The zero-order valence-corrected chi connectivity index (χ0v) is 11.5. The zero-order chi connectivity index (χ0) is 11.8. The van der Waals surface area contributed by atoms with Crippen LogP contribution in [-0.2, 0) is 0 Å². The number of aliphatic hydroxyl groups excluding tert-OH is 1. The summed E-state index contributed by atoms with van der Waals surface area (Å²) < 4.78 is 0.875. The van der Waals surface area contributed by atoms with Crippen LogP contribution in [0.3, 0.4) is 0 Å². The molecule has 0 radical (unpaired) electrons. The summed E-state index contributed by atoms with van der Waals surface area (Å²) in [6.07, 6.45) is 2.04. The van der Waals surface area contributed by atoms with Crippen LogP contribution in [-0.4, -0.2) is 17.3 Å². The van der Waals surface area contributed by atoms with E-state index in [1.165, 1.54) is 0 Å². The highest BCUT2D eigenvalue weighted by atomic mass is 79.9. The SMILES string of the molecule is CC1CC(CO)(Nc2ccc(Cl)c(Br)c2)C1.